The Kier molecular flexibility index (Phi) is 6.50. The Morgan fingerprint density at radius 2 is 1.82 bits per heavy atom. The third kappa shape index (κ3) is 4.85. The SMILES string of the molecule is Cc1nnc(CN=C(NC2CCCC2)N2CCC(CN3CCCCC3)C2)n1C. The van der Waals surface area contributed by atoms with E-state index in [2.05, 4.69) is 25.3 Å². The lowest BCUT2D eigenvalue weighted by molar-refractivity contribution is 0.198. The Labute approximate surface area is 169 Å². The highest BCUT2D eigenvalue weighted by molar-refractivity contribution is 5.80. The van der Waals surface area contributed by atoms with Crippen molar-refractivity contribution in [2.24, 2.45) is 18.0 Å². The minimum Gasteiger partial charge on any atom is -0.353 e. The van der Waals surface area contributed by atoms with E-state index in [4.69, 9.17) is 4.99 Å². The van der Waals surface area contributed by atoms with Gasteiger partial charge in [0.2, 0.25) is 0 Å². The van der Waals surface area contributed by atoms with Gasteiger partial charge in [-0.15, -0.1) is 10.2 Å². The molecule has 7 heteroatoms. The van der Waals surface area contributed by atoms with Crippen molar-refractivity contribution < 1.29 is 0 Å². The van der Waals surface area contributed by atoms with Gasteiger partial charge in [0.1, 0.15) is 12.4 Å². The van der Waals surface area contributed by atoms with Gasteiger partial charge in [-0.3, -0.25) is 0 Å². The Bertz CT molecular complexity index is 656. The van der Waals surface area contributed by atoms with Crippen molar-refractivity contribution in [2.45, 2.75) is 70.9 Å². The fraction of sp³-hybridized carbons (Fsp3) is 0.857. The number of rotatable bonds is 5. The summed E-state index contributed by atoms with van der Waals surface area (Å²) in [5.41, 5.74) is 0. The molecule has 3 heterocycles. The van der Waals surface area contributed by atoms with Gasteiger partial charge < -0.3 is 19.7 Å². The van der Waals surface area contributed by atoms with Crippen LogP contribution in [0.2, 0.25) is 0 Å². The predicted octanol–water partition coefficient (Wildman–Crippen LogP) is 2.32. The number of likely N-dealkylation sites (tertiary alicyclic amines) is 2. The normalized spacial score (nSPS) is 25.0. The fourth-order valence-corrected chi connectivity index (χ4v) is 4.91. The summed E-state index contributed by atoms with van der Waals surface area (Å²) in [4.78, 5) is 10.2. The van der Waals surface area contributed by atoms with Crippen LogP contribution in [-0.4, -0.2) is 69.3 Å². The second-order valence-corrected chi connectivity index (χ2v) is 8.95. The van der Waals surface area contributed by atoms with Crippen LogP contribution < -0.4 is 5.32 Å². The fourth-order valence-electron chi connectivity index (χ4n) is 4.91. The quantitative estimate of drug-likeness (QED) is 0.621. The molecule has 0 aromatic carbocycles. The molecule has 156 valence electrons. The molecule has 2 saturated heterocycles. The zero-order valence-corrected chi connectivity index (χ0v) is 17.7. The summed E-state index contributed by atoms with van der Waals surface area (Å²) < 4.78 is 2.04. The molecule has 2 aliphatic heterocycles. The van der Waals surface area contributed by atoms with Crippen LogP contribution in [0.1, 0.15) is 63.0 Å². The van der Waals surface area contributed by atoms with Gasteiger partial charge in [-0.1, -0.05) is 19.3 Å². The molecule has 0 spiro atoms. The van der Waals surface area contributed by atoms with Gasteiger partial charge in [0.25, 0.3) is 0 Å². The first-order valence-electron chi connectivity index (χ1n) is 11.3. The number of nitrogens with one attached hydrogen (secondary N) is 1. The number of hydrogen-bond acceptors (Lipinski definition) is 4. The topological polar surface area (TPSA) is 61.6 Å². The molecule has 3 aliphatic rings. The average Bonchev–Trinajstić information content (AvgIpc) is 3.44. The van der Waals surface area contributed by atoms with Gasteiger partial charge in [-0.25, -0.2) is 4.99 Å². The summed E-state index contributed by atoms with van der Waals surface area (Å²) >= 11 is 0. The second-order valence-electron chi connectivity index (χ2n) is 8.95. The van der Waals surface area contributed by atoms with Crippen LogP contribution in [0.25, 0.3) is 0 Å². The smallest absolute Gasteiger partial charge is 0.194 e. The van der Waals surface area contributed by atoms with Crippen LogP contribution in [-0.2, 0) is 13.6 Å². The molecule has 1 atom stereocenters. The van der Waals surface area contributed by atoms with Crippen LogP contribution in [0.4, 0.5) is 0 Å². The predicted molar refractivity (Wildman–Crippen MR) is 112 cm³/mol. The highest BCUT2D eigenvalue weighted by atomic mass is 15.3. The number of guanidine groups is 1. The van der Waals surface area contributed by atoms with E-state index in [0.717, 1.165) is 36.6 Å². The summed E-state index contributed by atoms with van der Waals surface area (Å²) in [7, 11) is 2.02. The van der Waals surface area contributed by atoms with Crippen LogP contribution in [0.5, 0.6) is 0 Å². The second kappa shape index (κ2) is 9.25. The molecular weight excluding hydrogens is 350 g/mol. The monoisotopic (exact) mass is 387 g/mol. The number of piperidine rings is 1. The Morgan fingerprint density at radius 3 is 2.54 bits per heavy atom. The van der Waals surface area contributed by atoms with E-state index in [-0.39, 0.29) is 0 Å². The van der Waals surface area contributed by atoms with E-state index in [1.165, 1.54) is 71.0 Å². The molecule has 3 fully saturated rings. The van der Waals surface area contributed by atoms with Crippen LogP contribution in [0, 0.1) is 12.8 Å². The van der Waals surface area contributed by atoms with Crippen molar-refractivity contribution >= 4 is 5.96 Å². The standard InChI is InChI=1S/C21H37N7/c1-17-24-25-20(26(17)2)14-22-21(23-19-8-4-5-9-19)28-13-10-18(16-28)15-27-11-6-3-7-12-27/h18-19H,3-16H2,1-2H3,(H,22,23). The number of nitrogens with zero attached hydrogens (tertiary/aromatic N) is 6. The Balaban J connectivity index is 1.39. The molecule has 7 nitrogen and oxygen atoms in total. The zero-order chi connectivity index (χ0) is 19.3. The van der Waals surface area contributed by atoms with Crippen molar-refractivity contribution in [1.82, 2.24) is 29.9 Å². The summed E-state index contributed by atoms with van der Waals surface area (Å²) in [6, 6.07) is 0.584. The highest BCUT2D eigenvalue weighted by Crippen LogP contribution is 2.22. The van der Waals surface area contributed by atoms with E-state index >= 15 is 0 Å². The van der Waals surface area contributed by atoms with Crippen molar-refractivity contribution in [1.29, 1.82) is 0 Å². The molecule has 1 aromatic heterocycles. The van der Waals surface area contributed by atoms with E-state index in [0.29, 0.717) is 12.6 Å². The average molecular weight is 388 g/mol. The minimum absolute atomic E-state index is 0.584. The molecular formula is C21H37N7. The summed E-state index contributed by atoms with van der Waals surface area (Å²) in [6.45, 7) is 8.69. The van der Waals surface area contributed by atoms with E-state index < -0.39 is 0 Å². The third-order valence-corrected chi connectivity index (χ3v) is 6.79. The molecule has 1 N–H and O–H groups in total. The molecule has 0 bridgehead atoms. The van der Waals surface area contributed by atoms with Gasteiger partial charge in [0, 0.05) is 32.7 Å². The number of aryl methyl sites for hydroxylation is 1. The third-order valence-electron chi connectivity index (χ3n) is 6.79. The molecule has 1 unspecified atom stereocenters. The number of aromatic nitrogens is 3. The number of aliphatic imine (C=N–C) groups is 1. The molecule has 1 aromatic rings. The van der Waals surface area contributed by atoms with Gasteiger partial charge >= 0.3 is 0 Å². The van der Waals surface area contributed by atoms with Gasteiger partial charge in [0.05, 0.1) is 0 Å². The maximum absolute atomic E-state index is 4.99. The van der Waals surface area contributed by atoms with Gasteiger partial charge in [-0.05, 0) is 58.0 Å². The van der Waals surface area contributed by atoms with Gasteiger partial charge in [0.15, 0.2) is 11.8 Å². The lowest BCUT2D eigenvalue weighted by atomic mass is 10.1. The van der Waals surface area contributed by atoms with Crippen LogP contribution in [0.3, 0.4) is 0 Å². The van der Waals surface area contributed by atoms with Crippen LogP contribution in [0.15, 0.2) is 4.99 Å². The maximum atomic E-state index is 4.99. The van der Waals surface area contributed by atoms with Gasteiger partial charge in [-0.2, -0.15) is 0 Å². The molecule has 1 saturated carbocycles. The molecule has 0 radical (unpaired) electrons. The number of hydrogen-bond donors (Lipinski definition) is 1. The van der Waals surface area contributed by atoms with Crippen molar-refractivity contribution in [3.05, 3.63) is 11.6 Å². The summed E-state index contributed by atoms with van der Waals surface area (Å²) in [5, 5.41) is 12.3. The molecule has 1 aliphatic carbocycles. The van der Waals surface area contributed by atoms with E-state index in [1.54, 1.807) is 0 Å². The van der Waals surface area contributed by atoms with Crippen LogP contribution >= 0.6 is 0 Å². The first kappa shape index (κ1) is 19.7. The first-order chi connectivity index (χ1) is 13.7. The lowest BCUT2D eigenvalue weighted by Crippen LogP contribution is -2.45. The highest BCUT2D eigenvalue weighted by Gasteiger charge is 2.28. The lowest BCUT2D eigenvalue weighted by Gasteiger charge is -2.29. The molecule has 4 rings (SSSR count). The summed E-state index contributed by atoms with van der Waals surface area (Å²) in [5.74, 6) is 3.74. The summed E-state index contributed by atoms with van der Waals surface area (Å²) in [6.07, 6.45) is 10.7. The first-order valence-corrected chi connectivity index (χ1v) is 11.3. The van der Waals surface area contributed by atoms with E-state index in [9.17, 15) is 0 Å². The molecule has 28 heavy (non-hydrogen) atoms. The zero-order valence-electron chi connectivity index (χ0n) is 17.7. The van der Waals surface area contributed by atoms with Crippen molar-refractivity contribution in [2.75, 3.05) is 32.7 Å². The maximum Gasteiger partial charge on any atom is 0.194 e. The van der Waals surface area contributed by atoms with E-state index in [1.807, 2.05) is 18.5 Å². The van der Waals surface area contributed by atoms with Crippen molar-refractivity contribution in [3.8, 4) is 0 Å². The molecule has 0 amide bonds. The Hall–Kier alpha value is -1.63. The largest absolute Gasteiger partial charge is 0.353 e. The Morgan fingerprint density at radius 1 is 1.04 bits per heavy atom. The minimum atomic E-state index is 0.584. The van der Waals surface area contributed by atoms with Crippen molar-refractivity contribution in [3.63, 3.8) is 0 Å².